The number of nitrogens with one attached hydrogen (secondary N) is 1. The van der Waals surface area contributed by atoms with Gasteiger partial charge in [0, 0.05) is 23.9 Å². The van der Waals surface area contributed by atoms with E-state index in [2.05, 4.69) is 31.9 Å². The van der Waals surface area contributed by atoms with Gasteiger partial charge in [-0.3, -0.25) is 0 Å². The molecule has 3 aromatic heterocycles. The van der Waals surface area contributed by atoms with Crippen LogP contribution in [0.2, 0.25) is 0 Å². The third-order valence-corrected chi connectivity index (χ3v) is 7.01. The second-order valence-corrected chi connectivity index (χ2v) is 9.51. The minimum Gasteiger partial charge on any atom is -0.399 e. The average Bonchev–Trinajstić information content (AvgIpc) is 3.43. The van der Waals surface area contributed by atoms with Crippen LogP contribution in [0.1, 0.15) is 34.9 Å². The molecule has 0 spiro atoms. The fraction of sp³-hybridized carbons (Fsp3) is 0.148. The predicted molar refractivity (Wildman–Crippen MR) is 140 cm³/mol. The SMILES string of the molecule is C=C1Nc2nc(-c3cn4ncnc4c(Cc4cc(F)cc(F)c4)n3)nc(N)c2C1(C)c1ccc(N)c(C)c1. The van der Waals surface area contributed by atoms with Crippen LogP contribution in [0.4, 0.5) is 26.1 Å². The molecule has 11 heteroatoms. The summed E-state index contributed by atoms with van der Waals surface area (Å²) in [5, 5.41) is 7.49. The molecule has 5 N–H and O–H groups in total. The van der Waals surface area contributed by atoms with Crippen molar-refractivity contribution in [2.24, 2.45) is 0 Å². The Bertz CT molecular complexity index is 1760. The van der Waals surface area contributed by atoms with E-state index in [1.165, 1.54) is 23.0 Å². The van der Waals surface area contributed by atoms with E-state index >= 15 is 0 Å². The van der Waals surface area contributed by atoms with Gasteiger partial charge in [-0.1, -0.05) is 18.7 Å². The largest absolute Gasteiger partial charge is 0.399 e. The van der Waals surface area contributed by atoms with E-state index in [1.807, 2.05) is 32.0 Å². The maximum atomic E-state index is 13.8. The zero-order valence-electron chi connectivity index (χ0n) is 20.6. The van der Waals surface area contributed by atoms with Gasteiger partial charge in [-0.15, -0.1) is 0 Å². The zero-order chi connectivity index (χ0) is 26.8. The van der Waals surface area contributed by atoms with Crippen LogP contribution in [0, 0.1) is 18.6 Å². The van der Waals surface area contributed by atoms with Gasteiger partial charge in [0.15, 0.2) is 11.5 Å². The Morgan fingerprint density at radius 2 is 1.82 bits per heavy atom. The first kappa shape index (κ1) is 23.5. The van der Waals surface area contributed by atoms with Gasteiger partial charge in [-0.2, -0.15) is 5.10 Å². The van der Waals surface area contributed by atoms with Gasteiger partial charge < -0.3 is 16.8 Å². The molecule has 0 radical (unpaired) electrons. The molecule has 0 saturated carbocycles. The lowest BCUT2D eigenvalue weighted by molar-refractivity contribution is 0.580. The fourth-order valence-corrected chi connectivity index (χ4v) is 4.92. The van der Waals surface area contributed by atoms with E-state index in [4.69, 9.17) is 16.5 Å². The number of nitrogens with zero attached hydrogens (tertiary/aromatic N) is 6. The Morgan fingerprint density at radius 3 is 2.55 bits per heavy atom. The van der Waals surface area contributed by atoms with Gasteiger partial charge in [0.2, 0.25) is 0 Å². The van der Waals surface area contributed by atoms with Crippen LogP contribution in [0.3, 0.4) is 0 Å². The molecule has 1 atom stereocenters. The first-order valence-electron chi connectivity index (χ1n) is 11.8. The zero-order valence-corrected chi connectivity index (χ0v) is 20.6. The van der Waals surface area contributed by atoms with E-state index in [9.17, 15) is 8.78 Å². The summed E-state index contributed by atoms with van der Waals surface area (Å²) < 4.78 is 29.1. The van der Waals surface area contributed by atoms with Crippen LogP contribution in [0.15, 0.2) is 61.2 Å². The van der Waals surface area contributed by atoms with Crippen LogP contribution >= 0.6 is 0 Å². The van der Waals surface area contributed by atoms with Gasteiger partial charge in [-0.25, -0.2) is 33.2 Å². The molecule has 9 nitrogen and oxygen atoms in total. The monoisotopic (exact) mass is 511 g/mol. The third-order valence-electron chi connectivity index (χ3n) is 7.01. The number of aryl methyl sites for hydroxylation is 1. The Kier molecular flexibility index (Phi) is 5.13. The number of anilines is 3. The van der Waals surface area contributed by atoms with Gasteiger partial charge >= 0.3 is 0 Å². The van der Waals surface area contributed by atoms with Gasteiger partial charge in [0.1, 0.15) is 35.3 Å². The Morgan fingerprint density at radius 1 is 1.05 bits per heavy atom. The molecule has 0 aliphatic carbocycles. The molecule has 2 aromatic carbocycles. The van der Waals surface area contributed by atoms with E-state index in [0.717, 1.165) is 17.2 Å². The van der Waals surface area contributed by atoms with Crippen LogP contribution < -0.4 is 16.8 Å². The summed E-state index contributed by atoms with van der Waals surface area (Å²) in [7, 11) is 0. The van der Waals surface area contributed by atoms with E-state index in [1.54, 1.807) is 6.20 Å². The van der Waals surface area contributed by atoms with Crippen molar-refractivity contribution < 1.29 is 8.78 Å². The molecule has 1 aliphatic rings. The summed E-state index contributed by atoms with van der Waals surface area (Å²) in [6, 6.07) is 9.13. The fourth-order valence-electron chi connectivity index (χ4n) is 4.92. The van der Waals surface area contributed by atoms with Crippen molar-refractivity contribution in [3.05, 3.63) is 101 Å². The highest BCUT2D eigenvalue weighted by Crippen LogP contribution is 2.49. The molecular formula is C27H23F2N9. The van der Waals surface area contributed by atoms with Crippen LogP contribution in [0.25, 0.3) is 17.2 Å². The number of allylic oxidation sites excluding steroid dienone is 1. The minimum absolute atomic E-state index is 0.120. The lowest BCUT2D eigenvalue weighted by Crippen LogP contribution is -2.25. The first-order valence-corrected chi connectivity index (χ1v) is 11.8. The molecule has 190 valence electrons. The number of fused-ring (bicyclic) bond motifs is 2. The Labute approximate surface area is 216 Å². The lowest BCUT2D eigenvalue weighted by atomic mass is 9.76. The first-order chi connectivity index (χ1) is 18.1. The van der Waals surface area contributed by atoms with Gasteiger partial charge in [0.25, 0.3) is 0 Å². The number of nitrogens with two attached hydrogens (primary N) is 2. The van der Waals surface area contributed by atoms with Crippen molar-refractivity contribution in [2.75, 3.05) is 16.8 Å². The maximum absolute atomic E-state index is 13.8. The summed E-state index contributed by atoms with van der Waals surface area (Å²) >= 11 is 0. The highest BCUT2D eigenvalue weighted by atomic mass is 19.1. The minimum atomic E-state index is -0.688. The molecule has 0 bridgehead atoms. The predicted octanol–water partition coefficient (Wildman–Crippen LogP) is 4.17. The summed E-state index contributed by atoms with van der Waals surface area (Å²) in [5.41, 5.74) is 17.5. The molecule has 1 unspecified atom stereocenters. The van der Waals surface area contributed by atoms with Crippen molar-refractivity contribution in [3.63, 3.8) is 0 Å². The van der Waals surface area contributed by atoms with Crippen molar-refractivity contribution >= 4 is 23.0 Å². The lowest BCUT2D eigenvalue weighted by Gasteiger charge is -2.27. The van der Waals surface area contributed by atoms with Crippen LogP contribution in [-0.4, -0.2) is 29.5 Å². The number of benzene rings is 2. The van der Waals surface area contributed by atoms with Crippen molar-refractivity contribution in [1.29, 1.82) is 0 Å². The van der Waals surface area contributed by atoms with Crippen molar-refractivity contribution in [3.8, 4) is 11.5 Å². The highest BCUT2D eigenvalue weighted by molar-refractivity contribution is 5.77. The number of aromatic nitrogens is 6. The number of rotatable bonds is 4. The molecule has 0 amide bonds. The van der Waals surface area contributed by atoms with Crippen molar-refractivity contribution in [2.45, 2.75) is 25.7 Å². The van der Waals surface area contributed by atoms with Gasteiger partial charge in [0.05, 0.1) is 22.9 Å². The molecule has 1 aliphatic heterocycles. The second-order valence-electron chi connectivity index (χ2n) is 9.51. The molecule has 0 fully saturated rings. The number of halogens is 2. The smallest absolute Gasteiger partial charge is 0.183 e. The van der Waals surface area contributed by atoms with E-state index in [-0.39, 0.29) is 18.1 Å². The molecule has 6 rings (SSSR count). The number of nitrogen functional groups attached to an aromatic ring is 2. The molecule has 4 heterocycles. The summed E-state index contributed by atoms with van der Waals surface area (Å²) in [6.45, 7) is 8.19. The highest BCUT2D eigenvalue weighted by Gasteiger charge is 2.43. The maximum Gasteiger partial charge on any atom is 0.183 e. The number of hydrogen-bond acceptors (Lipinski definition) is 8. The third kappa shape index (κ3) is 3.62. The van der Waals surface area contributed by atoms with Crippen LogP contribution in [-0.2, 0) is 11.8 Å². The summed E-state index contributed by atoms with van der Waals surface area (Å²) in [6.07, 6.45) is 3.13. The topological polar surface area (TPSA) is 133 Å². The van der Waals surface area contributed by atoms with Gasteiger partial charge in [-0.05, 0) is 48.7 Å². The second kappa shape index (κ2) is 8.30. The van der Waals surface area contributed by atoms with E-state index < -0.39 is 17.0 Å². The normalized spacial score (nSPS) is 16.6. The summed E-state index contributed by atoms with van der Waals surface area (Å²) in [5.74, 6) is -0.308. The van der Waals surface area contributed by atoms with E-state index in [0.29, 0.717) is 45.4 Å². The summed E-state index contributed by atoms with van der Waals surface area (Å²) in [4.78, 5) is 18.3. The molecule has 0 saturated heterocycles. The molecule has 38 heavy (non-hydrogen) atoms. The van der Waals surface area contributed by atoms with Crippen LogP contribution in [0.5, 0.6) is 0 Å². The standard InChI is InChI=1S/C27H23F2N9/c1-13-6-16(4-5-19(13)30)27(3)14(2)34-25-22(27)23(31)36-24(37-25)21-11-38-26(32-12-33-38)20(35-21)9-15-7-17(28)10-18(29)8-15/h4-8,10-12H,2,9,30H2,1,3H3,(H3,31,34,36,37). The number of hydrogen-bond donors (Lipinski definition) is 3. The van der Waals surface area contributed by atoms with Crippen molar-refractivity contribution in [1.82, 2.24) is 29.5 Å². The quantitative estimate of drug-likeness (QED) is 0.306. The molecule has 5 aromatic rings. The molecular weight excluding hydrogens is 488 g/mol. The average molecular weight is 512 g/mol. The Balaban J connectivity index is 1.46. The Hall–Kier alpha value is -4.93.